The Balaban J connectivity index is 1.48. The first-order chi connectivity index (χ1) is 14.1. The minimum Gasteiger partial charge on any atom is -0.341 e. The normalized spacial score (nSPS) is 19.7. The summed E-state index contributed by atoms with van der Waals surface area (Å²) in [6.45, 7) is 6.18. The molecule has 2 aliphatic heterocycles. The Labute approximate surface area is 178 Å². The number of halogens is 4. The van der Waals surface area contributed by atoms with Crippen LogP contribution in [-0.2, 0) is 15.8 Å². The molecule has 2 aliphatic rings. The molecule has 0 bridgehead atoms. The molecule has 2 heterocycles. The second-order valence-electron chi connectivity index (χ2n) is 7.76. The highest BCUT2D eigenvalue weighted by Crippen LogP contribution is 2.36. The van der Waals surface area contributed by atoms with Crippen LogP contribution < -0.4 is 5.32 Å². The molecule has 3 rings (SSSR count). The van der Waals surface area contributed by atoms with Gasteiger partial charge in [-0.1, -0.05) is 11.6 Å². The van der Waals surface area contributed by atoms with E-state index in [9.17, 15) is 22.8 Å². The molecular weight excluding hydrogens is 421 g/mol. The minimum absolute atomic E-state index is 0.0557. The van der Waals surface area contributed by atoms with Crippen LogP contribution in [0, 0.1) is 0 Å². The molecule has 0 saturated carbocycles. The Morgan fingerprint density at radius 3 is 2.33 bits per heavy atom. The lowest BCUT2D eigenvalue weighted by molar-refractivity contribution is -0.137. The van der Waals surface area contributed by atoms with E-state index in [4.69, 9.17) is 11.6 Å². The third-order valence-electron chi connectivity index (χ3n) is 5.65. The van der Waals surface area contributed by atoms with Gasteiger partial charge in [0.05, 0.1) is 23.2 Å². The quantitative estimate of drug-likeness (QED) is 0.755. The zero-order chi connectivity index (χ0) is 21.9. The van der Waals surface area contributed by atoms with Gasteiger partial charge in [0.25, 0.3) is 0 Å². The number of carbonyl (C=O) groups excluding carboxylic acids is 2. The Kier molecular flexibility index (Phi) is 7.26. The average Bonchev–Trinajstić information content (AvgIpc) is 3.23. The van der Waals surface area contributed by atoms with Gasteiger partial charge in [-0.05, 0) is 38.0 Å². The number of benzene rings is 1. The Morgan fingerprint density at radius 1 is 1.10 bits per heavy atom. The van der Waals surface area contributed by atoms with E-state index in [1.165, 1.54) is 6.07 Å². The lowest BCUT2D eigenvalue weighted by atomic mass is 10.2. The number of hydrogen-bond donors (Lipinski definition) is 1. The number of nitrogens with zero attached hydrogens (tertiary/aromatic N) is 3. The van der Waals surface area contributed by atoms with Crippen molar-refractivity contribution in [1.29, 1.82) is 0 Å². The smallest absolute Gasteiger partial charge is 0.341 e. The van der Waals surface area contributed by atoms with E-state index in [0.717, 1.165) is 38.1 Å². The maximum atomic E-state index is 13.0. The number of piperazine rings is 1. The third-order valence-corrected chi connectivity index (χ3v) is 5.98. The first-order valence-corrected chi connectivity index (χ1v) is 10.4. The minimum atomic E-state index is -4.59. The SMILES string of the molecule is C[C@H](C(=O)N1CCCC1)N1CCN(CC(=O)Nc2ccc(Cl)c(C(F)(F)F)c2)CC1. The summed E-state index contributed by atoms with van der Waals surface area (Å²) < 4.78 is 38.9. The van der Waals surface area contributed by atoms with Crippen LogP contribution in [0.1, 0.15) is 25.3 Å². The summed E-state index contributed by atoms with van der Waals surface area (Å²) in [5.41, 5.74) is -0.924. The number of likely N-dealkylation sites (tertiary alicyclic amines) is 1. The van der Waals surface area contributed by atoms with Crippen LogP contribution in [0.25, 0.3) is 0 Å². The number of hydrogen-bond acceptors (Lipinski definition) is 4. The number of carbonyl (C=O) groups is 2. The Hall–Kier alpha value is -1.84. The van der Waals surface area contributed by atoms with Crippen molar-refractivity contribution >= 4 is 29.1 Å². The zero-order valence-corrected chi connectivity index (χ0v) is 17.6. The van der Waals surface area contributed by atoms with Crippen molar-refractivity contribution in [2.75, 3.05) is 51.1 Å². The Morgan fingerprint density at radius 2 is 1.73 bits per heavy atom. The van der Waals surface area contributed by atoms with Crippen molar-refractivity contribution in [3.8, 4) is 0 Å². The third kappa shape index (κ3) is 5.65. The molecule has 30 heavy (non-hydrogen) atoms. The van der Waals surface area contributed by atoms with Crippen molar-refractivity contribution in [3.05, 3.63) is 28.8 Å². The molecule has 6 nitrogen and oxygen atoms in total. The first kappa shape index (κ1) is 22.8. The van der Waals surface area contributed by atoms with Gasteiger partial charge >= 0.3 is 6.18 Å². The number of anilines is 1. The molecule has 0 spiro atoms. The summed E-state index contributed by atoms with van der Waals surface area (Å²) in [4.78, 5) is 30.8. The molecule has 10 heteroatoms. The molecule has 1 N–H and O–H groups in total. The van der Waals surface area contributed by atoms with E-state index in [1.54, 1.807) is 0 Å². The number of alkyl halides is 3. The standard InChI is InChI=1S/C20H26ClF3N4O2/c1-14(19(30)28-6-2-3-7-28)27-10-8-26(9-11-27)13-18(29)25-15-4-5-17(21)16(12-15)20(22,23)24/h4-5,12,14H,2-3,6-11,13H2,1H3,(H,25,29)/t14-/m1/s1. The highest BCUT2D eigenvalue weighted by Gasteiger charge is 2.34. The van der Waals surface area contributed by atoms with Gasteiger partial charge < -0.3 is 10.2 Å². The topological polar surface area (TPSA) is 55.9 Å². The summed E-state index contributed by atoms with van der Waals surface area (Å²) in [6.07, 6.45) is -2.48. The van der Waals surface area contributed by atoms with Gasteiger partial charge in [0.1, 0.15) is 0 Å². The second kappa shape index (κ2) is 9.53. The van der Waals surface area contributed by atoms with Crippen LogP contribution in [0.2, 0.25) is 5.02 Å². The highest BCUT2D eigenvalue weighted by atomic mass is 35.5. The maximum Gasteiger partial charge on any atom is 0.417 e. The van der Waals surface area contributed by atoms with Crippen molar-refractivity contribution in [2.24, 2.45) is 0 Å². The molecule has 1 aromatic carbocycles. The van der Waals surface area contributed by atoms with E-state index in [-0.39, 0.29) is 30.1 Å². The lowest BCUT2D eigenvalue weighted by Crippen LogP contribution is -2.55. The van der Waals surface area contributed by atoms with Gasteiger partial charge in [-0.2, -0.15) is 13.2 Å². The monoisotopic (exact) mass is 446 g/mol. The van der Waals surface area contributed by atoms with Crippen LogP contribution in [0.3, 0.4) is 0 Å². The number of nitrogens with one attached hydrogen (secondary N) is 1. The van der Waals surface area contributed by atoms with Gasteiger partial charge in [-0.15, -0.1) is 0 Å². The molecule has 0 radical (unpaired) electrons. The zero-order valence-electron chi connectivity index (χ0n) is 16.8. The molecular formula is C20H26ClF3N4O2. The molecule has 2 amide bonds. The van der Waals surface area contributed by atoms with Gasteiger partial charge in [-0.25, -0.2) is 0 Å². The summed E-state index contributed by atoms with van der Waals surface area (Å²) >= 11 is 5.60. The molecule has 166 valence electrons. The Bertz CT molecular complexity index is 776. The molecule has 0 unspecified atom stereocenters. The van der Waals surface area contributed by atoms with Gasteiger partial charge in [0.2, 0.25) is 11.8 Å². The molecule has 0 aromatic heterocycles. The number of amides is 2. The second-order valence-corrected chi connectivity index (χ2v) is 8.17. The predicted octanol–water partition coefficient (Wildman–Crippen LogP) is 2.93. The summed E-state index contributed by atoms with van der Waals surface area (Å²) in [5, 5.41) is 2.10. The summed E-state index contributed by atoms with van der Waals surface area (Å²) in [6, 6.07) is 3.12. The molecule has 1 aromatic rings. The summed E-state index contributed by atoms with van der Waals surface area (Å²) in [5.74, 6) is -0.234. The fraction of sp³-hybridized carbons (Fsp3) is 0.600. The van der Waals surface area contributed by atoms with Crippen LogP contribution >= 0.6 is 11.6 Å². The molecule has 2 fully saturated rings. The van der Waals surface area contributed by atoms with Crippen molar-refractivity contribution in [1.82, 2.24) is 14.7 Å². The van der Waals surface area contributed by atoms with E-state index in [0.29, 0.717) is 26.2 Å². The summed E-state index contributed by atoms with van der Waals surface area (Å²) in [7, 11) is 0. The van der Waals surface area contributed by atoms with Crippen LogP contribution in [0.15, 0.2) is 18.2 Å². The van der Waals surface area contributed by atoms with Crippen molar-refractivity contribution < 1.29 is 22.8 Å². The average molecular weight is 447 g/mol. The van der Waals surface area contributed by atoms with Gasteiger partial charge in [0.15, 0.2) is 0 Å². The van der Waals surface area contributed by atoms with Gasteiger partial charge in [0, 0.05) is 45.0 Å². The fourth-order valence-corrected chi connectivity index (χ4v) is 4.12. The number of rotatable bonds is 5. The molecule has 1 atom stereocenters. The van der Waals surface area contributed by atoms with Crippen molar-refractivity contribution in [2.45, 2.75) is 32.0 Å². The highest BCUT2D eigenvalue weighted by molar-refractivity contribution is 6.31. The van der Waals surface area contributed by atoms with E-state index < -0.39 is 16.8 Å². The predicted molar refractivity (Wildman–Crippen MR) is 108 cm³/mol. The van der Waals surface area contributed by atoms with Crippen LogP contribution in [0.5, 0.6) is 0 Å². The van der Waals surface area contributed by atoms with Crippen LogP contribution in [-0.4, -0.2) is 78.4 Å². The lowest BCUT2D eigenvalue weighted by Gasteiger charge is -2.38. The fourth-order valence-electron chi connectivity index (χ4n) is 3.89. The van der Waals surface area contributed by atoms with Crippen molar-refractivity contribution in [3.63, 3.8) is 0 Å². The first-order valence-electron chi connectivity index (χ1n) is 10.1. The molecule has 2 saturated heterocycles. The van der Waals surface area contributed by atoms with E-state index in [2.05, 4.69) is 10.2 Å². The largest absolute Gasteiger partial charge is 0.417 e. The van der Waals surface area contributed by atoms with E-state index >= 15 is 0 Å². The maximum absolute atomic E-state index is 13.0. The van der Waals surface area contributed by atoms with Crippen LogP contribution in [0.4, 0.5) is 18.9 Å². The molecule has 0 aliphatic carbocycles. The van der Waals surface area contributed by atoms with Gasteiger partial charge in [-0.3, -0.25) is 19.4 Å². The van der Waals surface area contributed by atoms with E-state index in [1.807, 2.05) is 16.7 Å².